The van der Waals surface area contributed by atoms with Crippen molar-refractivity contribution in [2.75, 3.05) is 7.11 Å². The van der Waals surface area contributed by atoms with Crippen LogP contribution in [0.3, 0.4) is 0 Å². The maximum absolute atomic E-state index is 13.2. The van der Waals surface area contributed by atoms with Crippen molar-refractivity contribution in [3.05, 3.63) is 33.4 Å². The van der Waals surface area contributed by atoms with Gasteiger partial charge in [0.1, 0.15) is 0 Å². The fraction of sp³-hybridized carbons (Fsp3) is 0.250. The number of nitrogens with zero attached hydrogens (tertiary/aromatic N) is 1. The minimum Gasteiger partial charge on any atom is -0.488 e. The first-order chi connectivity index (χ1) is 7.02. The Labute approximate surface area is 83.1 Å². The van der Waals surface area contributed by atoms with Gasteiger partial charge in [-0.1, -0.05) is 0 Å². The third-order valence-corrected chi connectivity index (χ3v) is 1.79. The van der Waals surface area contributed by atoms with E-state index in [1.807, 2.05) is 0 Å². The Morgan fingerprint density at radius 2 is 2.13 bits per heavy atom. The van der Waals surface area contributed by atoms with Gasteiger partial charge < -0.3 is 9.84 Å². The third-order valence-electron chi connectivity index (χ3n) is 1.79. The molecule has 0 atom stereocenters. The summed E-state index contributed by atoms with van der Waals surface area (Å²) < 4.78 is 30.6. The number of halogens is 2. The Kier molecular flexibility index (Phi) is 3.15. The molecule has 0 heterocycles. The number of aliphatic hydroxyl groups is 1. The van der Waals surface area contributed by atoms with E-state index in [1.54, 1.807) is 0 Å². The maximum atomic E-state index is 13.2. The lowest BCUT2D eigenvalue weighted by molar-refractivity contribution is -0.386. The molecule has 15 heavy (non-hydrogen) atoms. The van der Waals surface area contributed by atoms with Crippen molar-refractivity contribution >= 4 is 5.69 Å². The second-order valence-corrected chi connectivity index (χ2v) is 2.63. The van der Waals surface area contributed by atoms with Crippen LogP contribution in [-0.4, -0.2) is 17.1 Å². The molecule has 0 aromatic heterocycles. The van der Waals surface area contributed by atoms with Crippen LogP contribution in [0.2, 0.25) is 0 Å². The highest BCUT2D eigenvalue weighted by molar-refractivity contribution is 5.50. The Balaban J connectivity index is 3.51. The first-order valence-corrected chi connectivity index (χ1v) is 3.83. The fourth-order valence-electron chi connectivity index (χ4n) is 1.09. The van der Waals surface area contributed by atoms with E-state index in [9.17, 15) is 18.9 Å². The molecule has 0 aliphatic carbocycles. The molecular weight excluding hydrogens is 212 g/mol. The summed E-state index contributed by atoms with van der Waals surface area (Å²) in [6.45, 7) is -0.826. The van der Waals surface area contributed by atoms with E-state index in [4.69, 9.17) is 5.11 Å². The number of aliphatic hydroxyl groups excluding tert-OH is 1. The molecule has 0 saturated heterocycles. The molecule has 0 fully saturated rings. The van der Waals surface area contributed by atoms with Crippen LogP contribution in [0.4, 0.5) is 14.5 Å². The molecule has 0 amide bonds. The molecule has 1 rings (SSSR count). The average Bonchev–Trinajstić information content (AvgIpc) is 2.21. The number of nitro groups is 1. The number of nitro benzene ring substituents is 1. The fourth-order valence-corrected chi connectivity index (χ4v) is 1.09. The monoisotopic (exact) mass is 219 g/mol. The number of hydrogen-bond acceptors (Lipinski definition) is 4. The van der Waals surface area contributed by atoms with E-state index >= 15 is 0 Å². The SMILES string of the molecule is COc1c([N+](=O)[O-])cc(CO)c(F)c1F. The summed E-state index contributed by atoms with van der Waals surface area (Å²) in [5.74, 6) is -3.61. The summed E-state index contributed by atoms with van der Waals surface area (Å²) in [6.07, 6.45) is 0. The molecule has 1 aromatic carbocycles. The van der Waals surface area contributed by atoms with Crippen LogP contribution in [0, 0.1) is 21.7 Å². The lowest BCUT2D eigenvalue weighted by atomic mass is 10.1. The Hall–Kier alpha value is -1.76. The minimum absolute atomic E-state index is 0.486. The zero-order valence-corrected chi connectivity index (χ0v) is 7.66. The lowest BCUT2D eigenvalue weighted by Gasteiger charge is -2.06. The number of benzene rings is 1. The van der Waals surface area contributed by atoms with E-state index in [0.29, 0.717) is 0 Å². The highest BCUT2D eigenvalue weighted by atomic mass is 19.2. The van der Waals surface area contributed by atoms with Gasteiger partial charge in [0, 0.05) is 11.6 Å². The highest BCUT2D eigenvalue weighted by Gasteiger charge is 2.25. The van der Waals surface area contributed by atoms with Gasteiger partial charge in [-0.25, -0.2) is 4.39 Å². The summed E-state index contributed by atoms with van der Waals surface area (Å²) in [5, 5.41) is 19.1. The van der Waals surface area contributed by atoms with Crippen molar-refractivity contribution in [2.24, 2.45) is 0 Å². The van der Waals surface area contributed by atoms with Crippen LogP contribution in [0.25, 0.3) is 0 Å². The number of hydrogen-bond donors (Lipinski definition) is 1. The van der Waals surface area contributed by atoms with Gasteiger partial charge in [0.05, 0.1) is 18.6 Å². The molecule has 1 N–H and O–H groups in total. The quantitative estimate of drug-likeness (QED) is 0.615. The van der Waals surface area contributed by atoms with Gasteiger partial charge in [-0.3, -0.25) is 10.1 Å². The van der Waals surface area contributed by atoms with Gasteiger partial charge in [-0.05, 0) is 0 Å². The smallest absolute Gasteiger partial charge is 0.314 e. The second kappa shape index (κ2) is 4.18. The van der Waals surface area contributed by atoms with Crippen LogP contribution >= 0.6 is 0 Å². The molecule has 0 spiro atoms. The van der Waals surface area contributed by atoms with Crippen LogP contribution in [0.15, 0.2) is 6.07 Å². The average molecular weight is 219 g/mol. The lowest BCUT2D eigenvalue weighted by Crippen LogP contribution is -2.03. The molecular formula is C8H7F2NO4. The maximum Gasteiger partial charge on any atom is 0.314 e. The van der Waals surface area contributed by atoms with Crippen LogP contribution in [0.1, 0.15) is 5.56 Å². The zero-order chi connectivity index (χ0) is 11.6. The van der Waals surface area contributed by atoms with Crippen molar-refractivity contribution in [1.82, 2.24) is 0 Å². The Bertz CT molecular complexity index is 408. The predicted molar refractivity (Wildman–Crippen MR) is 45.5 cm³/mol. The molecule has 1 aromatic rings. The number of methoxy groups -OCH3 is 1. The molecule has 0 unspecified atom stereocenters. The zero-order valence-electron chi connectivity index (χ0n) is 7.66. The Morgan fingerprint density at radius 1 is 1.53 bits per heavy atom. The van der Waals surface area contributed by atoms with Crippen LogP contribution in [0.5, 0.6) is 5.75 Å². The standard InChI is InChI=1S/C8H7F2NO4/c1-15-8-5(11(13)14)2-4(3-12)6(9)7(8)10/h2,12H,3H2,1H3. The number of rotatable bonds is 3. The van der Waals surface area contributed by atoms with Gasteiger partial charge in [-0.2, -0.15) is 4.39 Å². The van der Waals surface area contributed by atoms with Crippen molar-refractivity contribution in [2.45, 2.75) is 6.61 Å². The molecule has 5 nitrogen and oxygen atoms in total. The Morgan fingerprint density at radius 3 is 2.53 bits per heavy atom. The van der Waals surface area contributed by atoms with Crippen molar-refractivity contribution in [3.63, 3.8) is 0 Å². The normalized spacial score (nSPS) is 10.1. The van der Waals surface area contributed by atoms with Crippen LogP contribution < -0.4 is 4.74 Å². The molecule has 0 aliphatic heterocycles. The predicted octanol–water partition coefficient (Wildman–Crippen LogP) is 1.37. The van der Waals surface area contributed by atoms with Gasteiger partial charge >= 0.3 is 5.69 Å². The van der Waals surface area contributed by atoms with Crippen LogP contribution in [-0.2, 0) is 6.61 Å². The summed E-state index contributed by atoms with van der Waals surface area (Å²) in [4.78, 5) is 9.55. The number of ether oxygens (including phenoxy) is 1. The largest absolute Gasteiger partial charge is 0.488 e. The first kappa shape index (κ1) is 11.3. The summed E-state index contributed by atoms with van der Waals surface area (Å²) in [7, 11) is 0.990. The highest BCUT2D eigenvalue weighted by Crippen LogP contribution is 2.33. The van der Waals surface area contributed by atoms with Crippen molar-refractivity contribution in [1.29, 1.82) is 0 Å². The third kappa shape index (κ3) is 1.86. The van der Waals surface area contributed by atoms with Gasteiger partial charge in [0.15, 0.2) is 5.82 Å². The van der Waals surface area contributed by atoms with Gasteiger partial charge in [0.2, 0.25) is 11.6 Å². The van der Waals surface area contributed by atoms with E-state index in [0.717, 1.165) is 13.2 Å². The minimum atomic E-state index is -1.48. The second-order valence-electron chi connectivity index (χ2n) is 2.63. The van der Waals surface area contributed by atoms with Crippen molar-refractivity contribution in [3.8, 4) is 5.75 Å². The summed E-state index contributed by atoms with van der Waals surface area (Å²) in [6, 6.07) is 0.733. The first-order valence-electron chi connectivity index (χ1n) is 3.83. The van der Waals surface area contributed by atoms with Gasteiger partial charge in [-0.15, -0.1) is 0 Å². The summed E-state index contributed by atoms with van der Waals surface area (Å²) >= 11 is 0. The summed E-state index contributed by atoms with van der Waals surface area (Å²) in [5.41, 5.74) is -1.21. The molecule has 0 bridgehead atoms. The molecule has 82 valence electrons. The molecule has 7 heteroatoms. The van der Waals surface area contributed by atoms with E-state index in [-0.39, 0.29) is 0 Å². The topological polar surface area (TPSA) is 72.6 Å². The van der Waals surface area contributed by atoms with E-state index < -0.39 is 40.2 Å². The molecule has 0 radical (unpaired) electrons. The molecule has 0 aliphatic rings. The van der Waals surface area contributed by atoms with Crippen molar-refractivity contribution < 1.29 is 23.5 Å². The molecule has 0 saturated carbocycles. The van der Waals surface area contributed by atoms with Gasteiger partial charge in [0.25, 0.3) is 0 Å². The van der Waals surface area contributed by atoms with E-state index in [2.05, 4.69) is 4.74 Å². The van der Waals surface area contributed by atoms with E-state index in [1.165, 1.54) is 0 Å².